The minimum atomic E-state index is -3.67. The second-order valence-electron chi connectivity index (χ2n) is 4.45. The summed E-state index contributed by atoms with van der Waals surface area (Å²) >= 11 is 2.95. The van der Waals surface area contributed by atoms with Crippen LogP contribution in [0.3, 0.4) is 0 Å². The van der Waals surface area contributed by atoms with Crippen molar-refractivity contribution in [2.24, 2.45) is 5.92 Å². The van der Waals surface area contributed by atoms with Gasteiger partial charge in [-0.3, -0.25) is 0 Å². The molecule has 1 aromatic rings. The Morgan fingerprint density at radius 2 is 2.11 bits per heavy atom. The van der Waals surface area contributed by atoms with E-state index >= 15 is 0 Å². The maximum absolute atomic E-state index is 13.2. The normalized spacial score (nSPS) is 16.6. The fourth-order valence-electron chi connectivity index (χ4n) is 1.78. The van der Waals surface area contributed by atoms with Crippen LogP contribution in [0.2, 0.25) is 0 Å². The van der Waals surface area contributed by atoms with Crippen molar-refractivity contribution < 1.29 is 12.8 Å². The van der Waals surface area contributed by atoms with Gasteiger partial charge in [-0.15, -0.1) is 0 Å². The monoisotopic (exact) mass is 336 g/mol. The Morgan fingerprint density at radius 1 is 1.44 bits per heavy atom. The van der Waals surface area contributed by atoms with E-state index in [2.05, 4.69) is 20.7 Å². The van der Waals surface area contributed by atoms with Gasteiger partial charge in [0, 0.05) is 6.54 Å². The van der Waals surface area contributed by atoms with Gasteiger partial charge >= 0.3 is 0 Å². The number of anilines is 1. The van der Waals surface area contributed by atoms with Crippen LogP contribution in [0.1, 0.15) is 19.3 Å². The van der Waals surface area contributed by atoms with Crippen molar-refractivity contribution >= 4 is 31.6 Å². The van der Waals surface area contributed by atoms with Crippen molar-refractivity contribution in [1.82, 2.24) is 4.72 Å². The topological polar surface area (TPSA) is 72.2 Å². The summed E-state index contributed by atoms with van der Waals surface area (Å²) in [6.07, 6.45) is 3.24. The van der Waals surface area contributed by atoms with Crippen molar-refractivity contribution in [3.8, 4) is 0 Å². The molecule has 0 heterocycles. The number of nitrogens with one attached hydrogen (secondary N) is 1. The number of rotatable bonds is 4. The zero-order valence-corrected chi connectivity index (χ0v) is 12.0. The summed E-state index contributed by atoms with van der Waals surface area (Å²) in [5, 5.41) is 0. The Labute approximate surface area is 114 Å². The molecule has 0 aliphatic heterocycles. The Morgan fingerprint density at radius 3 is 2.67 bits per heavy atom. The van der Waals surface area contributed by atoms with Gasteiger partial charge in [-0.1, -0.05) is 6.42 Å². The fraction of sp³-hybridized carbons (Fsp3) is 0.455. The second kappa shape index (κ2) is 5.14. The van der Waals surface area contributed by atoms with Crippen molar-refractivity contribution in [3.63, 3.8) is 0 Å². The highest BCUT2D eigenvalue weighted by Gasteiger charge is 2.23. The van der Waals surface area contributed by atoms with Gasteiger partial charge in [0.2, 0.25) is 10.0 Å². The minimum absolute atomic E-state index is 0.0840. The third-order valence-corrected chi connectivity index (χ3v) is 5.22. The van der Waals surface area contributed by atoms with Crippen LogP contribution >= 0.6 is 15.9 Å². The zero-order chi connectivity index (χ0) is 13.3. The average Bonchev–Trinajstić information content (AvgIpc) is 2.20. The van der Waals surface area contributed by atoms with Crippen molar-refractivity contribution in [2.45, 2.75) is 24.2 Å². The van der Waals surface area contributed by atoms with Crippen LogP contribution in [-0.4, -0.2) is 15.0 Å². The molecular formula is C11H14BrFN2O2S. The first-order chi connectivity index (χ1) is 8.40. The Hall–Kier alpha value is -0.660. The smallest absolute Gasteiger partial charge is 0.242 e. The lowest BCUT2D eigenvalue weighted by atomic mass is 9.86. The van der Waals surface area contributed by atoms with Gasteiger partial charge in [-0.05, 0) is 46.8 Å². The molecule has 0 saturated heterocycles. The maximum Gasteiger partial charge on any atom is 0.242 e. The largest absolute Gasteiger partial charge is 0.398 e. The molecule has 1 saturated carbocycles. The molecule has 0 radical (unpaired) electrons. The number of benzene rings is 1. The zero-order valence-electron chi connectivity index (χ0n) is 9.62. The highest BCUT2D eigenvalue weighted by Crippen LogP contribution is 2.28. The van der Waals surface area contributed by atoms with E-state index in [9.17, 15) is 12.8 Å². The fourth-order valence-corrected chi connectivity index (χ4v) is 3.53. The molecular weight excluding hydrogens is 323 g/mol. The van der Waals surface area contributed by atoms with Crippen LogP contribution in [0.5, 0.6) is 0 Å². The first kappa shape index (κ1) is 13.8. The van der Waals surface area contributed by atoms with Crippen LogP contribution in [0, 0.1) is 11.7 Å². The van der Waals surface area contributed by atoms with Crippen molar-refractivity contribution in [1.29, 1.82) is 0 Å². The van der Waals surface area contributed by atoms with Crippen LogP contribution < -0.4 is 10.5 Å². The van der Waals surface area contributed by atoms with Crippen LogP contribution in [0.15, 0.2) is 21.5 Å². The predicted molar refractivity (Wildman–Crippen MR) is 71.0 cm³/mol. The van der Waals surface area contributed by atoms with Crippen LogP contribution in [-0.2, 0) is 10.0 Å². The molecule has 0 amide bonds. The van der Waals surface area contributed by atoms with Gasteiger partial charge in [0.1, 0.15) is 10.7 Å². The average molecular weight is 337 g/mol. The number of sulfonamides is 1. The molecule has 0 unspecified atom stereocenters. The molecule has 0 atom stereocenters. The van der Waals surface area contributed by atoms with Gasteiger partial charge in [-0.2, -0.15) is 0 Å². The lowest BCUT2D eigenvalue weighted by molar-refractivity contribution is 0.316. The molecule has 7 heteroatoms. The highest BCUT2D eigenvalue weighted by atomic mass is 79.9. The Kier molecular flexibility index (Phi) is 3.93. The van der Waals surface area contributed by atoms with Gasteiger partial charge in [0.15, 0.2) is 0 Å². The third-order valence-electron chi connectivity index (χ3n) is 3.13. The van der Waals surface area contributed by atoms with Gasteiger partial charge in [0.25, 0.3) is 0 Å². The first-order valence-electron chi connectivity index (χ1n) is 5.64. The van der Waals surface area contributed by atoms with Gasteiger partial charge in [0.05, 0.1) is 10.2 Å². The van der Waals surface area contributed by atoms with Crippen molar-refractivity contribution in [2.75, 3.05) is 12.3 Å². The van der Waals surface area contributed by atoms with E-state index in [-0.39, 0.29) is 15.1 Å². The molecule has 0 aromatic heterocycles. The summed E-state index contributed by atoms with van der Waals surface area (Å²) in [4.78, 5) is -0.0879. The van der Waals surface area contributed by atoms with Gasteiger partial charge in [-0.25, -0.2) is 17.5 Å². The first-order valence-corrected chi connectivity index (χ1v) is 7.92. The SMILES string of the molecule is Nc1cc(F)c(Br)cc1S(=O)(=O)NCC1CCC1. The minimum Gasteiger partial charge on any atom is -0.398 e. The molecule has 2 rings (SSSR count). The van der Waals surface area contributed by atoms with E-state index in [1.807, 2.05) is 0 Å². The molecule has 4 nitrogen and oxygen atoms in total. The summed E-state index contributed by atoms with van der Waals surface area (Å²) in [6.45, 7) is 0.413. The van der Waals surface area contributed by atoms with Crippen LogP contribution in [0.4, 0.5) is 10.1 Å². The summed E-state index contributed by atoms with van der Waals surface area (Å²) in [7, 11) is -3.67. The van der Waals surface area contributed by atoms with E-state index in [0.29, 0.717) is 12.5 Å². The number of nitrogens with two attached hydrogens (primary N) is 1. The Balaban J connectivity index is 2.20. The number of nitrogen functional groups attached to an aromatic ring is 1. The summed E-state index contributed by atoms with van der Waals surface area (Å²) in [6, 6.07) is 2.19. The molecule has 1 aromatic carbocycles. The van der Waals surface area contributed by atoms with Crippen molar-refractivity contribution in [3.05, 3.63) is 22.4 Å². The molecule has 1 fully saturated rings. The second-order valence-corrected chi connectivity index (χ2v) is 7.04. The lowest BCUT2D eigenvalue weighted by Gasteiger charge is -2.25. The quantitative estimate of drug-likeness (QED) is 0.828. The van der Waals surface area contributed by atoms with E-state index < -0.39 is 15.8 Å². The number of hydrogen-bond donors (Lipinski definition) is 2. The third kappa shape index (κ3) is 2.84. The molecule has 100 valence electrons. The number of halogens is 2. The van der Waals surface area contributed by atoms with E-state index in [1.165, 1.54) is 6.07 Å². The van der Waals surface area contributed by atoms with E-state index in [1.54, 1.807) is 0 Å². The molecule has 3 N–H and O–H groups in total. The Bertz CT molecular complexity index is 558. The molecule has 1 aliphatic rings. The standard InChI is InChI=1S/C11H14BrFN2O2S/c12-8-4-11(10(14)5-9(8)13)18(16,17)15-6-7-2-1-3-7/h4-5,7,15H,1-3,6,14H2. The highest BCUT2D eigenvalue weighted by molar-refractivity contribution is 9.10. The molecule has 18 heavy (non-hydrogen) atoms. The van der Waals surface area contributed by atoms with Crippen LogP contribution in [0.25, 0.3) is 0 Å². The lowest BCUT2D eigenvalue weighted by Crippen LogP contribution is -2.32. The van der Waals surface area contributed by atoms with Gasteiger partial charge < -0.3 is 5.73 Å². The van der Waals surface area contributed by atoms with E-state index in [4.69, 9.17) is 5.73 Å². The molecule has 1 aliphatic carbocycles. The number of hydrogen-bond acceptors (Lipinski definition) is 3. The molecule has 0 bridgehead atoms. The van der Waals surface area contributed by atoms with E-state index in [0.717, 1.165) is 25.3 Å². The summed E-state index contributed by atoms with van der Waals surface area (Å²) < 4.78 is 39.8. The molecule has 0 spiro atoms. The maximum atomic E-state index is 13.2. The predicted octanol–water partition coefficient (Wildman–Crippen LogP) is 2.25. The summed E-state index contributed by atoms with van der Waals surface area (Å²) in [5.74, 6) is -0.171. The summed E-state index contributed by atoms with van der Waals surface area (Å²) in [5.41, 5.74) is 5.46.